The average molecular weight is 294 g/mol. The quantitative estimate of drug-likeness (QED) is 0.409. The zero-order valence-electron chi connectivity index (χ0n) is 13.2. The van der Waals surface area contributed by atoms with E-state index in [2.05, 4.69) is 13.8 Å². The standard InChI is InChI=1S/C17H26O4/c1-4-6-8-10-14-13(9-7-5-2)11-12(3)16(15(14)18)21-17(19)20/h11,18H,4-10H2,1-3H3,(H,19,20). The van der Waals surface area contributed by atoms with Crippen LogP contribution >= 0.6 is 0 Å². The predicted octanol–water partition coefficient (Wildman–Crippen LogP) is 4.83. The normalized spacial score (nSPS) is 10.6. The second-order valence-corrected chi connectivity index (χ2v) is 5.44. The van der Waals surface area contributed by atoms with Crippen molar-refractivity contribution in [3.8, 4) is 11.5 Å². The Morgan fingerprint density at radius 1 is 1.14 bits per heavy atom. The van der Waals surface area contributed by atoms with Crippen LogP contribution in [0.4, 0.5) is 4.79 Å². The number of benzene rings is 1. The molecule has 4 nitrogen and oxygen atoms in total. The minimum absolute atomic E-state index is 0.000365. The number of hydrogen-bond donors (Lipinski definition) is 2. The van der Waals surface area contributed by atoms with Crippen LogP contribution in [0.1, 0.15) is 62.6 Å². The SMILES string of the molecule is CCCCCc1c(CCCC)cc(C)c(OC(=O)O)c1O. The summed E-state index contributed by atoms with van der Waals surface area (Å²) >= 11 is 0. The van der Waals surface area contributed by atoms with E-state index in [1.54, 1.807) is 6.92 Å². The molecule has 0 heterocycles. The number of aryl methyl sites for hydroxylation is 2. The first-order valence-electron chi connectivity index (χ1n) is 7.76. The highest BCUT2D eigenvalue weighted by Crippen LogP contribution is 2.37. The molecule has 4 heteroatoms. The average Bonchev–Trinajstić information content (AvgIpc) is 2.43. The fourth-order valence-electron chi connectivity index (χ4n) is 2.53. The van der Waals surface area contributed by atoms with Crippen LogP contribution in [0.25, 0.3) is 0 Å². The summed E-state index contributed by atoms with van der Waals surface area (Å²) in [6.45, 7) is 6.03. The molecular weight excluding hydrogens is 268 g/mol. The second-order valence-electron chi connectivity index (χ2n) is 5.44. The number of phenolic OH excluding ortho intramolecular Hbond substituents is 1. The van der Waals surface area contributed by atoms with Crippen LogP contribution in [0.2, 0.25) is 0 Å². The summed E-state index contributed by atoms with van der Waals surface area (Å²) in [5.74, 6) is 0.0776. The second kappa shape index (κ2) is 8.55. The van der Waals surface area contributed by atoms with Gasteiger partial charge < -0.3 is 14.9 Å². The minimum Gasteiger partial charge on any atom is -0.504 e. The number of unbranched alkanes of at least 4 members (excludes halogenated alkanes) is 3. The summed E-state index contributed by atoms with van der Waals surface area (Å²) in [6, 6.07) is 1.95. The Labute approximate surface area is 126 Å². The van der Waals surface area contributed by atoms with E-state index in [1.807, 2.05) is 6.07 Å². The molecule has 0 saturated carbocycles. The summed E-state index contributed by atoms with van der Waals surface area (Å²) in [6.07, 6.45) is 5.59. The molecule has 1 rings (SSSR count). The van der Waals surface area contributed by atoms with Gasteiger partial charge in [-0.2, -0.15) is 0 Å². The molecule has 1 aromatic rings. The first-order valence-corrected chi connectivity index (χ1v) is 7.76. The molecule has 0 atom stereocenters. The maximum Gasteiger partial charge on any atom is 0.511 e. The number of phenols is 1. The number of carboxylic acid groups (broad SMARTS) is 1. The summed E-state index contributed by atoms with van der Waals surface area (Å²) in [5.41, 5.74) is 2.62. The molecule has 0 radical (unpaired) electrons. The lowest BCUT2D eigenvalue weighted by Gasteiger charge is -2.16. The predicted molar refractivity (Wildman–Crippen MR) is 83.3 cm³/mol. The Balaban J connectivity index is 3.14. The van der Waals surface area contributed by atoms with E-state index in [-0.39, 0.29) is 11.5 Å². The third kappa shape index (κ3) is 4.96. The monoisotopic (exact) mass is 294 g/mol. The van der Waals surface area contributed by atoms with Crippen LogP contribution in [0.5, 0.6) is 11.5 Å². The van der Waals surface area contributed by atoms with Gasteiger partial charge in [0.25, 0.3) is 0 Å². The maximum absolute atomic E-state index is 10.8. The van der Waals surface area contributed by atoms with Crippen LogP contribution in [0.15, 0.2) is 6.07 Å². The lowest BCUT2D eigenvalue weighted by molar-refractivity contribution is 0.142. The Morgan fingerprint density at radius 2 is 1.81 bits per heavy atom. The highest BCUT2D eigenvalue weighted by atomic mass is 16.7. The van der Waals surface area contributed by atoms with Crippen molar-refractivity contribution in [3.63, 3.8) is 0 Å². The summed E-state index contributed by atoms with van der Waals surface area (Å²) in [4.78, 5) is 10.8. The maximum atomic E-state index is 10.8. The van der Waals surface area contributed by atoms with E-state index in [9.17, 15) is 9.90 Å². The number of hydrogen-bond acceptors (Lipinski definition) is 3. The largest absolute Gasteiger partial charge is 0.511 e. The Morgan fingerprint density at radius 3 is 2.38 bits per heavy atom. The zero-order valence-corrected chi connectivity index (χ0v) is 13.2. The van der Waals surface area contributed by atoms with Gasteiger partial charge in [0.05, 0.1) is 0 Å². The van der Waals surface area contributed by atoms with Gasteiger partial charge in [-0.05, 0) is 43.7 Å². The Kier molecular flexibility index (Phi) is 7.06. The highest BCUT2D eigenvalue weighted by molar-refractivity contribution is 5.66. The topological polar surface area (TPSA) is 66.8 Å². The van der Waals surface area contributed by atoms with Crippen LogP contribution in [0.3, 0.4) is 0 Å². The van der Waals surface area contributed by atoms with Gasteiger partial charge in [-0.3, -0.25) is 0 Å². The van der Waals surface area contributed by atoms with E-state index < -0.39 is 6.16 Å². The molecule has 21 heavy (non-hydrogen) atoms. The van der Waals surface area contributed by atoms with Gasteiger partial charge in [-0.15, -0.1) is 0 Å². The van der Waals surface area contributed by atoms with Crippen molar-refractivity contribution in [2.75, 3.05) is 0 Å². The zero-order chi connectivity index (χ0) is 15.8. The molecule has 0 amide bonds. The lowest BCUT2D eigenvalue weighted by atomic mass is 9.94. The fraction of sp³-hybridized carbons (Fsp3) is 0.588. The number of ether oxygens (including phenoxy) is 1. The van der Waals surface area contributed by atoms with Crippen LogP contribution in [-0.2, 0) is 12.8 Å². The van der Waals surface area contributed by atoms with Gasteiger partial charge in [0.15, 0.2) is 11.5 Å². The first-order chi connectivity index (χ1) is 10.0. The number of carbonyl (C=O) groups is 1. The molecular formula is C17H26O4. The van der Waals surface area contributed by atoms with Gasteiger partial charge in [0.1, 0.15) is 0 Å². The van der Waals surface area contributed by atoms with E-state index >= 15 is 0 Å². The molecule has 0 aromatic heterocycles. The van der Waals surface area contributed by atoms with Crippen molar-refractivity contribution in [2.24, 2.45) is 0 Å². The number of rotatable bonds is 8. The molecule has 0 aliphatic heterocycles. The van der Waals surface area contributed by atoms with Crippen molar-refractivity contribution < 1.29 is 19.7 Å². The van der Waals surface area contributed by atoms with E-state index in [1.165, 1.54) is 0 Å². The third-order valence-corrected chi connectivity index (χ3v) is 3.66. The van der Waals surface area contributed by atoms with Crippen molar-refractivity contribution in [1.82, 2.24) is 0 Å². The van der Waals surface area contributed by atoms with Crippen LogP contribution < -0.4 is 4.74 Å². The number of aromatic hydroxyl groups is 1. The van der Waals surface area contributed by atoms with Crippen LogP contribution in [-0.4, -0.2) is 16.4 Å². The fourth-order valence-corrected chi connectivity index (χ4v) is 2.53. The smallest absolute Gasteiger partial charge is 0.504 e. The van der Waals surface area contributed by atoms with Gasteiger partial charge >= 0.3 is 6.16 Å². The van der Waals surface area contributed by atoms with Crippen LogP contribution in [0, 0.1) is 6.92 Å². The van der Waals surface area contributed by atoms with Gasteiger partial charge in [-0.25, -0.2) is 4.79 Å². The molecule has 0 spiro atoms. The molecule has 0 saturated heterocycles. The molecule has 1 aromatic carbocycles. The summed E-state index contributed by atoms with van der Waals surface area (Å²) < 4.78 is 4.75. The Hall–Kier alpha value is -1.71. The molecule has 0 aliphatic carbocycles. The van der Waals surface area contributed by atoms with Gasteiger partial charge in [0, 0.05) is 5.56 Å². The van der Waals surface area contributed by atoms with E-state index in [0.717, 1.165) is 56.1 Å². The van der Waals surface area contributed by atoms with E-state index in [4.69, 9.17) is 9.84 Å². The van der Waals surface area contributed by atoms with Crippen molar-refractivity contribution >= 4 is 6.16 Å². The molecule has 2 N–H and O–H groups in total. The lowest BCUT2D eigenvalue weighted by Crippen LogP contribution is -2.07. The summed E-state index contributed by atoms with van der Waals surface area (Å²) in [7, 11) is 0. The molecule has 0 fully saturated rings. The first kappa shape index (κ1) is 17.3. The molecule has 118 valence electrons. The minimum atomic E-state index is -1.39. The molecule has 0 unspecified atom stereocenters. The van der Waals surface area contributed by atoms with Crippen molar-refractivity contribution in [1.29, 1.82) is 0 Å². The summed E-state index contributed by atoms with van der Waals surface area (Å²) in [5, 5.41) is 19.2. The molecule has 0 bridgehead atoms. The van der Waals surface area contributed by atoms with Crippen molar-refractivity contribution in [2.45, 2.75) is 65.7 Å². The highest BCUT2D eigenvalue weighted by Gasteiger charge is 2.18. The molecule has 0 aliphatic rings. The van der Waals surface area contributed by atoms with Crippen molar-refractivity contribution in [3.05, 3.63) is 22.8 Å². The van der Waals surface area contributed by atoms with Gasteiger partial charge in [-0.1, -0.05) is 39.2 Å². The Bertz CT molecular complexity index is 480. The van der Waals surface area contributed by atoms with Gasteiger partial charge in [0.2, 0.25) is 0 Å². The third-order valence-electron chi connectivity index (χ3n) is 3.66. The van der Waals surface area contributed by atoms with E-state index in [0.29, 0.717) is 5.56 Å².